The molecule has 0 aliphatic carbocycles. The number of nitrogens with one attached hydrogen (secondary N) is 3. The van der Waals surface area contributed by atoms with Crippen molar-refractivity contribution >= 4 is 5.97 Å². The van der Waals surface area contributed by atoms with E-state index in [1.54, 1.807) is 0 Å². The van der Waals surface area contributed by atoms with Gasteiger partial charge >= 0.3 is 5.97 Å². The zero-order valence-electron chi connectivity index (χ0n) is 9.37. The highest BCUT2D eigenvalue weighted by Crippen LogP contribution is 1.82. The SMILES string of the molecule is NCCNOC(=O)C(NCCN)NCCN. The van der Waals surface area contributed by atoms with Crippen molar-refractivity contribution in [3.8, 4) is 0 Å². The van der Waals surface area contributed by atoms with E-state index in [2.05, 4.69) is 16.1 Å². The third kappa shape index (κ3) is 7.51. The second kappa shape index (κ2) is 10.7. The molecule has 0 aromatic rings. The Morgan fingerprint density at radius 2 is 1.50 bits per heavy atom. The lowest BCUT2D eigenvalue weighted by Crippen LogP contribution is -2.52. The molecule has 0 rings (SSSR count). The minimum absolute atomic E-state index is 0.393. The maximum absolute atomic E-state index is 11.5. The summed E-state index contributed by atoms with van der Waals surface area (Å²) in [4.78, 5) is 16.3. The number of hydrogen-bond acceptors (Lipinski definition) is 8. The summed E-state index contributed by atoms with van der Waals surface area (Å²) in [5.41, 5.74) is 18.3. The summed E-state index contributed by atoms with van der Waals surface area (Å²) in [6, 6.07) is 0. The molecule has 0 amide bonds. The molecule has 8 nitrogen and oxygen atoms in total. The van der Waals surface area contributed by atoms with Crippen molar-refractivity contribution in [3.05, 3.63) is 0 Å². The maximum atomic E-state index is 11.5. The number of carbonyl (C=O) groups is 1. The molecule has 0 saturated carbocycles. The predicted molar refractivity (Wildman–Crippen MR) is 61.1 cm³/mol. The van der Waals surface area contributed by atoms with Crippen LogP contribution in [-0.2, 0) is 9.63 Å². The maximum Gasteiger partial charge on any atom is 0.356 e. The van der Waals surface area contributed by atoms with E-state index in [1.807, 2.05) is 0 Å². The van der Waals surface area contributed by atoms with Crippen molar-refractivity contribution < 1.29 is 9.63 Å². The Hall–Kier alpha value is -0.770. The van der Waals surface area contributed by atoms with Gasteiger partial charge in [0.15, 0.2) is 6.17 Å². The Labute approximate surface area is 95.2 Å². The molecule has 0 atom stereocenters. The molecule has 0 bridgehead atoms. The van der Waals surface area contributed by atoms with Gasteiger partial charge in [-0.1, -0.05) is 0 Å². The summed E-state index contributed by atoms with van der Waals surface area (Å²) >= 11 is 0. The average molecular weight is 234 g/mol. The summed E-state index contributed by atoms with van der Waals surface area (Å²) < 4.78 is 0. The highest BCUT2D eigenvalue weighted by molar-refractivity contribution is 5.75. The van der Waals surface area contributed by atoms with E-state index in [0.29, 0.717) is 39.3 Å². The second-order valence-electron chi connectivity index (χ2n) is 3.02. The van der Waals surface area contributed by atoms with Crippen molar-refractivity contribution in [2.45, 2.75) is 6.17 Å². The number of hydrogen-bond donors (Lipinski definition) is 6. The van der Waals surface area contributed by atoms with Crippen molar-refractivity contribution in [2.24, 2.45) is 17.2 Å². The van der Waals surface area contributed by atoms with E-state index in [0.717, 1.165) is 0 Å². The van der Waals surface area contributed by atoms with Crippen LogP contribution in [0, 0.1) is 0 Å². The molecule has 8 heteroatoms. The number of rotatable bonds is 10. The van der Waals surface area contributed by atoms with Crippen LogP contribution >= 0.6 is 0 Å². The quantitative estimate of drug-likeness (QED) is 0.129. The van der Waals surface area contributed by atoms with Crippen LogP contribution in [0.3, 0.4) is 0 Å². The molecular weight excluding hydrogens is 212 g/mol. The van der Waals surface area contributed by atoms with Crippen LogP contribution in [-0.4, -0.2) is 51.4 Å². The van der Waals surface area contributed by atoms with Gasteiger partial charge in [-0.05, 0) is 0 Å². The molecule has 0 radical (unpaired) electrons. The van der Waals surface area contributed by atoms with Gasteiger partial charge in [0.05, 0.1) is 0 Å². The van der Waals surface area contributed by atoms with Gasteiger partial charge in [-0.2, -0.15) is 5.48 Å². The lowest BCUT2D eigenvalue weighted by Gasteiger charge is -2.17. The average Bonchev–Trinajstić information content (AvgIpc) is 2.29. The molecule has 0 aromatic carbocycles. The first-order chi connectivity index (χ1) is 7.76. The third-order valence-electron chi connectivity index (χ3n) is 1.64. The van der Waals surface area contributed by atoms with Gasteiger partial charge in [-0.3, -0.25) is 10.6 Å². The zero-order valence-corrected chi connectivity index (χ0v) is 9.37. The molecule has 0 aromatic heterocycles. The minimum atomic E-state index is -0.614. The van der Waals surface area contributed by atoms with Crippen LogP contribution in [0.2, 0.25) is 0 Å². The molecule has 0 aliphatic rings. The lowest BCUT2D eigenvalue weighted by molar-refractivity contribution is -0.154. The normalized spacial score (nSPS) is 10.8. The van der Waals surface area contributed by atoms with Crippen LogP contribution < -0.4 is 33.3 Å². The molecule has 0 saturated heterocycles. The Morgan fingerprint density at radius 1 is 1.00 bits per heavy atom. The largest absolute Gasteiger partial charge is 0.368 e. The van der Waals surface area contributed by atoms with Crippen LogP contribution in [0.5, 0.6) is 0 Å². The molecule has 0 fully saturated rings. The molecule has 96 valence electrons. The Balaban J connectivity index is 3.88. The first-order valence-electron chi connectivity index (χ1n) is 5.26. The van der Waals surface area contributed by atoms with Crippen LogP contribution in [0.15, 0.2) is 0 Å². The van der Waals surface area contributed by atoms with Crippen molar-refractivity contribution in [1.82, 2.24) is 16.1 Å². The summed E-state index contributed by atoms with van der Waals surface area (Å²) in [6.45, 7) is 2.69. The van der Waals surface area contributed by atoms with Gasteiger partial charge in [0.25, 0.3) is 0 Å². The summed E-state index contributed by atoms with van der Waals surface area (Å²) in [7, 11) is 0. The van der Waals surface area contributed by atoms with Gasteiger partial charge < -0.3 is 22.0 Å². The van der Waals surface area contributed by atoms with E-state index >= 15 is 0 Å². The standard InChI is InChI=1S/C8H22N6O2/c9-1-4-12-7(13-5-2-10)8(15)16-14-6-3-11/h7,12-14H,1-6,9-11H2. The summed E-state index contributed by atoms with van der Waals surface area (Å²) in [5.74, 6) is -0.463. The second-order valence-corrected chi connectivity index (χ2v) is 3.02. The Bertz CT molecular complexity index is 172. The van der Waals surface area contributed by atoms with Gasteiger partial charge in [0.1, 0.15) is 0 Å². The topological polar surface area (TPSA) is 140 Å². The molecule has 0 unspecified atom stereocenters. The van der Waals surface area contributed by atoms with Crippen molar-refractivity contribution in [1.29, 1.82) is 0 Å². The zero-order chi connectivity index (χ0) is 12.2. The third-order valence-corrected chi connectivity index (χ3v) is 1.64. The number of hydroxylamine groups is 1. The highest BCUT2D eigenvalue weighted by atomic mass is 16.7. The Kier molecular flexibility index (Phi) is 10.2. The van der Waals surface area contributed by atoms with Crippen LogP contribution in [0.25, 0.3) is 0 Å². The van der Waals surface area contributed by atoms with Gasteiger partial charge in [0, 0.05) is 39.3 Å². The van der Waals surface area contributed by atoms with Crippen molar-refractivity contribution in [3.63, 3.8) is 0 Å². The smallest absolute Gasteiger partial charge is 0.356 e. The summed E-state index contributed by atoms with van der Waals surface area (Å²) in [5, 5.41) is 5.79. The number of carbonyl (C=O) groups excluding carboxylic acids is 1. The van der Waals surface area contributed by atoms with E-state index in [1.165, 1.54) is 0 Å². The van der Waals surface area contributed by atoms with Gasteiger partial charge in [-0.25, -0.2) is 4.79 Å². The van der Waals surface area contributed by atoms with E-state index < -0.39 is 12.1 Å². The first-order valence-corrected chi connectivity index (χ1v) is 5.26. The molecule has 9 N–H and O–H groups in total. The van der Waals surface area contributed by atoms with Crippen molar-refractivity contribution in [2.75, 3.05) is 39.3 Å². The highest BCUT2D eigenvalue weighted by Gasteiger charge is 2.18. The fourth-order valence-electron chi connectivity index (χ4n) is 0.934. The van der Waals surface area contributed by atoms with E-state index in [9.17, 15) is 4.79 Å². The fraction of sp³-hybridized carbons (Fsp3) is 0.875. The predicted octanol–water partition coefficient (Wildman–Crippen LogP) is -3.58. The fourth-order valence-corrected chi connectivity index (χ4v) is 0.934. The van der Waals surface area contributed by atoms with Gasteiger partial charge in [0.2, 0.25) is 0 Å². The lowest BCUT2D eigenvalue weighted by atomic mass is 10.4. The van der Waals surface area contributed by atoms with Gasteiger partial charge in [-0.15, -0.1) is 0 Å². The van der Waals surface area contributed by atoms with Crippen LogP contribution in [0.4, 0.5) is 0 Å². The van der Waals surface area contributed by atoms with Crippen LogP contribution in [0.1, 0.15) is 0 Å². The Morgan fingerprint density at radius 3 is 1.94 bits per heavy atom. The minimum Gasteiger partial charge on any atom is -0.368 e. The molecular formula is C8H22N6O2. The molecule has 16 heavy (non-hydrogen) atoms. The first kappa shape index (κ1) is 15.2. The van der Waals surface area contributed by atoms with E-state index in [4.69, 9.17) is 22.0 Å². The molecule has 0 spiro atoms. The van der Waals surface area contributed by atoms with E-state index in [-0.39, 0.29) is 0 Å². The molecule has 0 heterocycles. The summed E-state index contributed by atoms with van der Waals surface area (Å²) in [6.07, 6.45) is -0.614. The monoisotopic (exact) mass is 234 g/mol. The molecule has 0 aliphatic heterocycles. The number of nitrogens with two attached hydrogens (primary N) is 3.